The Morgan fingerprint density at radius 1 is 1.27 bits per heavy atom. The van der Waals surface area contributed by atoms with Gasteiger partial charge in [-0.05, 0) is 24.2 Å². The van der Waals surface area contributed by atoms with Gasteiger partial charge in [-0.25, -0.2) is 0 Å². The smallest absolute Gasteiger partial charge is 0.0595 e. The Balaban J connectivity index is 2.66. The molecule has 0 bridgehead atoms. The van der Waals surface area contributed by atoms with Gasteiger partial charge in [0.25, 0.3) is 0 Å². The molecule has 15 heavy (non-hydrogen) atoms. The van der Waals surface area contributed by atoms with Crippen LogP contribution in [0.25, 0.3) is 0 Å². The summed E-state index contributed by atoms with van der Waals surface area (Å²) in [5, 5.41) is 10.0. The van der Waals surface area contributed by atoms with Crippen molar-refractivity contribution in [2.45, 2.75) is 13.5 Å². The Morgan fingerprint density at radius 2 is 2.00 bits per heavy atom. The van der Waals surface area contributed by atoms with Crippen LogP contribution in [0.2, 0.25) is 10.0 Å². The molecule has 0 saturated carbocycles. The lowest BCUT2D eigenvalue weighted by Gasteiger charge is -2.19. The van der Waals surface area contributed by atoms with Gasteiger partial charge in [0.05, 0.1) is 16.7 Å². The van der Waals surface area contributed by atoms with Crippen LogP contribution in [-0.4, -0.2) is 29.7 Å². The van der Waals surface area contributed by atoms with Crippen molar-refractivity contribution in [2.75, 3.05) is 19.7 Å². The van der Waals surface area contributed by atoms with Crippen molar-refractivity contribution >= 4 is 23.2 Å². The second kappa shape index (κ2) is 6.33. The van der Waals surface area contributed by atoms with E-state index in [4.69, 9.17) is 28.3 Å². The minimum atomic E-state index is 0.176. The third-order valence-electron chi connectivity index (χ3n) is 2.25. The highest BCUT2D eigenvalue weighted by Crippen LogP contribution is 2.23. The van der Waals surface area contributed by atoms with Gasteiger partial charge >= 0.3 is 0 Å². The maximum atomic E-state index is 8.86. The maximum absolute atomic E-state index is 8.86. The van der Waals surface area contributed by atoms with Gasteiger partial charge in [-0.2, -0.15) is 0 Å². The summed E-state index contributed by atoms with van der Waals surface area (Å²) in [6.07, 6.45) is 0. The van der Waals surface area contributed by atoms with E-state index in [1.54, 1.807) is 6.07 Å². The predicted molar refractivity (Wildman–Crippen MR) is 64.5 cm³/mol. The van der Waals surface area contributed by atoms with E-state index in [1.807, 2.05) is 12.1 Å². The van der Waals surface area contributed by atoms with E-state index >= 15 is 0 Å². The van der Waals surface area contributed by atoms with E-state index < -0.39 is 0 Å². The lowest BCUT2D eigenvalue weighted by atomic mass is 10.2. The van der Waals surface area contributed by atoms with E-state index in [-0.39, 0.29) is 6.61 Å². The summed E-state index contributed by atoms with van der Waals surface area (Å²) in [4.78, 5) is 2.14. The molecule has 0 saturated heterocycles. The molecule has 2 nitrogen and oxygen atoms in total. The summed E-state index contributed by atoms with van der Waals surface area (Å²) < 4.78 is 0. The molecule has 0 spiro atoms. The molecule has 84 valence electrons. The number of hydrogen-bond acceptors (Lipinski definition) is 2. The fraction of sp³-hybridized carbons (Fsp3) is 0.455. The van der Waals surface area contributed by atoms with Gasteiger partial charge in [0.15, 0.2) is 0 Å². The number of benzene rings is 1. The first-order chi connectivity index (χ1) is 7.17. The zero-order chi connectivity index (χ0) is 11.3. The topological polar surface area (TPSA) is 23.5 Å². The summed E-state index contributed by atoms with van der Waals surface area (Å²) in [6, 6.07) is 5.62. The molecule has 0 radical (unpaired) electrons. The number of rotatable bonds is 5. The van der Waals surface area contributed by atoms with Crippen molar-refractivity contribution in [2.24, 2.45) is 0 Å². The second-order valence-corrected chi connectivity index (χ2v) is 4.16. The van der Waals surface area contributed by atoms with Crippen LogP contribution < -0.4 is 0 Å². The van der Waals surface area contributed by atoms with Gasteiger partial charge in [-0.3, -0.25) is 4.90 Å². The quantitative estimate of drug-likeness (QED) is 0.866. The van der Waals surface area contributed by atoms with E-state index in [9.17, 15) is 0 Å². The average molecular weight is 248 g/mol. The number of nitrogens with zero attached hydrogens (tertiary/aromatic N) is 1. The van der Waals surface area contributed by atoms with Gasteiger partial charge in [0, 0.05) is 13.1 Å². The van der Waals surface area contributed by atoms with Gasteiger partial charge < -0.3 is 5.11 Å². The van der Waals surface area contributed by atoms with Crippen molar-refractivity contribution in [1.29, 1.82) is 0 Å². The highest BCUT2D eigenvalue weighted by molar-refractivity contribution is 6.42. The summed E-state index contributed by atoms with van der Waals surface area (Å²) in [6.45, 7) is 4.61. The minimum Gasteiger partial charge on any atom is -0.395 e. The number of aliphatic hydroxyl groups is 1. The van der Waals surface area contributed by atoms with E-state index in [0.29, 0.717) is 16.6 Å². The molecule has 0 fully saturated rings. The molecule has 0 unspecified atom stereocenters. The van der Waals surface area contributed by atoms with E-state index in [2.05, 4.69) is 11.8 Å². The molecular formula is C11H15Cl2NO. The zero-order valence-corrected chi connectivity index (χ0v) is 10.2. The van der Waals surface area contributed by atoms with Crippen LogP contribution in [0, 0.1) is 0 Å². The van der Waals surface area contributed by atoms with Crippen LogP contribution in [0.15, 0.2) is 18.2 Å². The van der Waals surface area contributed by atoms with Crippen molar-refractivity contribution in [3.05, 3.63) is 33.8 Å². The lowest BCUT2D eigenvalue weighted by molar-refractivity contribution is 0.197. The number of halogens is 2. The monoisotopic (exact) mass is 247 g/mol. The number of hydrogen-bond donors (Lipinski definition) is 1. The molecule has 0 aromatic heterocycles. The van der Waals surface area contributed by atoms with Crippen molar-refractivity contribution < 1.29 is 5.11 Å². The molecule has 1 rings (SSSR count). The average Bonchev–Trinajstić information content (AvgIpc) is 2.23. The molecule has 4 heteroatoms. The molecule has 0 heterocycles. The SMILES string of the molecule is CCN(CCO)Cc1ccc(Cl)c(Cl)c1. The van der Waals surface area contributed by atoms with Crippen LogP contribution in [-0.2, 0) is 6.54 Å². The third kappa shape index (κ3) is 3.99. The highest BCUT2D eigenvalue weighted by Gasteiger charge is 2.04. The van der Waals surface area contributed by atoms with Crippen molar-refractivity contribution in [3.63, 3.8) is 0 Å². The highest BCUT2D eigenvalue weighted by atomic mass is 35.5. The Kier molecular flexibility index (Phi) is 5.40. The summed E-state index contributed by atoms with van der Waals surface area (Å²) in [5.41, 5.74) is 1.11. The molecule has 0 aliphatic rings. The Hall–Kier alpha value is -0.280. The largest absolute Gasteiger partial charge is 0.395 e. The molecule has 1 aromatic rings. The molecular weight excluding hydrogens is 233 g/mol. The fourth-order valence-corrected chi connectivity index (χ4v) is 1.71. The lowest BCUT2D eigenvalue weighted by Crippen LogP contribution is -2.26. The number of aliphatic hydroxyl groups excluding tert-OH is 1. The van der Waals surface area contributed by atoms with Gasteiger partial charge in [-0.15, -0.1) is 0 Å². The molecule has 0 aliphatic heterocycles. The Morgan fingerprint density at radius 3 is 2.53 bits per heavy atom. The van der Waals surface area contributed by atoms with E-state index in [1.165, 1.54) is 0 Å². The summed E-state index contributed by atoms with van der Waals surface area (Å²) >= 11 is 11.7. The fourth-order valence-electron chi connectivity index (χ4n) is 1.39. The van der Waals surface area contributed by atoms with Crippen LogP contribution >= 0.6 is 23.2 Å². The van der Waals surface area contributed by atoms with Crippen LogP contribution in [0.3, 0.4) is 0 Å². The van der Waals surface area contributed by atoms with Crippen molar-refractivity contribution in [1.82, 2.24) is 4.90 Å². The van der Waals surface area contributed by atoms with Gasteiger partial charge in [0.2, 0.25) is 0 Å². The molecule has 1 aromatic carbocycles. The molecule has 0 amide bonds. The molecule has 0 aliphatic carbocycles. The summed E-state index contributed by atoms with van der Waals surface area (Å²) in [7, 11) is 0. The third-order valence-corrected chi connectivity index (χ3v) is 2.99. The second-order valence-electron chi connectivity index (χ2n) is 3.34. The standard InChI is InChI=1S/C11H15Cl2NO/c1-2-14(5-6-15)8-9-3-4-10(12)11(13)7-9/h3-4,7,15H,2,5-6,8H2,1H3. The minimum absolute atomic E-state index is 0.176. The molecule has 0 atom stereocenters. The Bertz CT molecular complexity index is 317. The normalized spacial score (nSPS) is 11.0. The maximum Gasteiger partial charge on any atom is 0.0595 e. The van der Waals surface area contributed by atoms with Crippen LogP contribution in [0.4, 0.5) is 0 Å². The first-order valence-corrected chi connectivity index (χ1v) is 5.70. The number of likely N-dealkylation sites (N-methyl/N-ethyl adjacent to an activating group) is 1. The zero-order valence-electron chi connectivity index (χ0n) is 8.71. The first kappa shape index (κ1) is 12.8. The van der Waals surface area contributed by atoms with Crippen LogP contribution in [0.1, 0.15) is 12.5 Å². The summed E-state index contributed by atoms with van der Waals surface area (Å²) in [5.74, 6) is 0. The first-order valence-electron chi connectivity index (χ1n) is 4.94. The predicted octanol–water partition coefficient (Wildman–Crippen LogP) is 2.81. The van der Waals surface area contributed by atoms with Crippen LogP contribution in [0.5, 0.6) is 0 Å². The van der Waals surface area contributed by atoms with E-state index in [0.717, 1.165) is 18.7 Å². The van der Waals surface area contributed by atoms with Gasteiger partial charge in [0.1, 0.15) is 0 Å². The molecule has 1 N–H and O–H groups in total. The Labute approximate surface area is 100 Å². The van der Waals surface area contributed by atoms with Crippen molar-refractivity contribution in [3.8, 4) is 0 Å². The van der Waals surface area contributed by atoms with Gasteiger partial charge in [-0.1, -0.05) is 36.2 Å².